The van der Waals surface area contributed by atoms with Crippen LogP contribution in [0.5, 0.6) is 0 Å². The number of ether oxygens (including phenoxy) is 1. The highest BCUT2D eigenvalue weighted by Crippen LogP contribution is 2.30. The zero-order valence-electron chi connectivity index (χ0n) is 13.1. The van der Waals surface area contributed by atoms with Crippen molar-refractivity contribution < 1.29 is 23.9 Å². The number of halogens is 1. The molecule has 0 saturated heterocycles. The molecule has 6 nitrogen and oxygen atoms in total. The van der Waals surface area contributed by atoms with E-state index in [1.54, 1.807) is 24.3 Å². The van der Waals surface area contributed by atoms with Gasteiger partial charge in [-0.3, -0.25) is 14.4 Å². The van der Waals surface area contributed by atoms with Gasteiger partial charge in [0.15, 0.2) is 5.78 Å². The largest absolute Gasteiger partial charge is 0.454 e. The number of carbonyl (C=O) groups excluding carboxylic acids is 4. The van der Waals surface area contributed by atoms with Crippen molar-refractivity contribution in [1.29, 1.82) is 0 Å². The van der Waals surface area contributed by atoms with E-state index in [4.69, 9.17) is 16.3 Å². The summed E-state index contributed by atoms with van der Waals surface area (Å²) in [5.41, 5.74) is 0.788. The normalized spacial score (nSPS) is 13.0. The zero-order chi connectivity index (χ0) is 18.1. The zero-order valence-corrected chi connectivity index (χ0v) is 13.9. The Bertz CT molecular complexity index is 904. The van der Waals surface area contributed by atoms with Gasteiger partial charge in [-0.25, -0.2) is 9.69 Å². The lowest BCUT2D eigenvalue weighted by molar-refractivity contribution is -0.120. The highest BCUT2D eigenvalue weighted by atomic mass is 35.5. The van der Waals surface area contributed by atoms with Gasteiger partial charge in [0.2, 0.25) is 0 Å². The summed E-state index contributed by atoms with van der Waals surface area (Å²) in [6.45, 7) is 0.946. The number of carbonyl (C=O) groups is 4. The van der Waals surface area contributed by atoms with Gasteiger partial charge in [0.1, 0.15) is 6.61 Å². The van der Waals surface area contributed by atoms with Crippen LogP contribution in [0.2, 0.25) is 5.02 Å². The van der Waals surface area contributed by atoms with Gasteiger partial charge in [-0.2, -0.15) is 0 Å². The fourth-order valence-electron chi connectivity index (χ4n) is 2.44. The lowest BCUT2D eigenvalue weighted by atomic mass is 10.1. The lowest BCUT2D eigenvalue weighted by Crippen LogP contribution is -2.29. The van der Waals surface area contributed by atoms with Crippen molar-refractivity contribution in [3.63, 3.8) is 0 Å². The number of hydrogen-bond donors (Lipinski definition) is 0. The molecule has 126 valence electrons. The van der Waals surface area contributed by atoms with Gasteiger partial charge >= 0.3 is 5.97 Å². The summed E-state index contributed by atoms with van der Waals surface area (Å²) in [7, 11) is 0. The SMILES string of the molecule is CC(=O)COC(=O)c1ccc2c(c1)C(=O)N(c1ccc(Cl)cc1)C2=O. The quantitative estimate of drug-likeness (QED) is 0.620. The number of hydrogen-bond acceptors (Lipinski definition) is 5. The van der Waals surface area contributed by atoms with Crippen molar-refractivity contribution in [2.75, 3.05) is 11.5 Å². The maximum atomic E-state index is 12.6. The third-order valence-electron chi connectivity index (χ3n) is 3.61. The fourth-order valence-corrected chi connectivity index (χ4v) is 2.57. The van der Waals surface area contributed by atoms with Crippen LogP contribution in [-0.2, 0) is 9.53 Å². The minimum absolute atomic E-state index is 0.0964. The number of nitrogens with zero attached hydrogens (tertiary/aromatic N) is 1. The van der Waals surface area contributed by atoms with Crippen molar-refractivity contribution in [2.45, 2.75) is 6.92 Å². The van der Waals surface area contributed by atoms with E-state index in [1.165, 1.54) is 25.1 Å². The molecule has 1 heterocycles. The van der Waals surface area contributed by atoms with Crippen LogP contribution in [0.3, 0.4) is 0 Å². The predicted octanol–water partition coefficient (Wildman–Crippen LogP) is 2.89. The number of rotatable bonds is 4. The molecule has 0 aliphatic carbocycles. The van der Waals surface area contributed by atoms with Crippen molar-refractivity contribution >= 4 is 40.9 Å². The molecule has 0 N–H and O–H groups in total. The van der Waals surface area contributed by atoms with E-state index in [0.717, 1.165) is 4.90 Å². The van der Waals surface area contributed by atoms with E-state index >= 15 is 0 Å². The maximum absolute atomic E-state index is 12.6. The first kappa shape index (κ1) is 16.9. The molecule has 7 heteroatoms. The molecule has 2 aromatic carbocycles. The number of imide groups is 1. The van der Waals surface area contributed by atoms with E-state index in [0.29, 0.717) is 10.7 Å². The van der Waals surface area contributed by atoms with E-state index in [2.05, 4.69) is 0 Å². The molecule has 3 rings (SSSR count). The lowest BCUT2D eigenvalue weighted by Gasteiger charge is -2.13. The predicted molar refractivity (Wildman–Crippen MR) is 90.0 cm³/mol. The molecule has 0 aromatic heterocycles. The third kappa shape index (κ3) is 3.16. The Balaban J connectivity index is 1.91. The van der Waals surface area contributed by atoms with Crippen LogP contribution in [0.1, 0.15) is 38.0 Å². The standard InChI is InChI=1S/C18H12ClNO5/c1-10(21)9-25-18(24)11-2-7-14-15(8-11)17(23)20(16(14)22)13-5-3-12(19)4-6-13/h2-8H,9H2,1H3. The molecule has 0 spiro atoms. The van der Waals surface area contributed by atoms with Gasteiger partial charge in [0.25, 0.3) is 11.8 Å². The fraction of sp³-hybridized carbons (Fsp3) is 0.111. The number of fused-ring (bicyclic) bond motifs is 1. The molecular weight excluding hydrogens is 346 g/mol. The van der Waals surface area contributed by atoms with Crippen LogP contribution >= 0.6 is 11.6 Å². The second kappa shape index (κ2) is 6.49. The highest BCUT2D eigenvalue weighted by molar-refractivity contribution is 6.35. The van der Waals surface area contributed by atoms with Gasteiger partial charge in [0, 0.05) is 5.02 Å². The smallest absolute Gasteiger partial charge is 0.338 e. The molecule has 1 aliphatic heterocycles. The molecule has 0 atom stereocenters. The summed E-state index contributed by atoms with van der Waals surface area (Å²) in [6.07, 6.45) is 0. The molecule has 0 fully saturated rings. The second-order valence-corrected chi connectivity index (χ2v) is 5.90. The topological polar surface area (TPSA) is 80.8 Å². The van der Waals surface area contributed by atoms with Crippen LogP contribution < -0.4 is 4.90 Å². The summed E-state index contributed by atoms with van der Waals surface area (Å²) < 4.78 is 4.82. The number of anilines is 1. The summed E-state index contributed by atoms with van der Waals surface area (Å²) in [4.78, 5) is 48.9. The van der Waals surface area contributed by atoms with E-state index in [1.807, 2.05) is 0 Å². The van der Waals surface area contributed by atoms with Gasteiger partial charge in [-0.1, -0.05) is 11.6 Å². The maximum Gasteiger partial charge on any atom is 0.338 e. The van der Waals surface area contributed by atoms with E-state index in [-0.39, 0.29) is 29.1 Å². The van der Waals surface area contributed by atoms with Crippen LogP contribution in [0.15, 0.2) is 42.5 Å². The average molecular weight is 358 g/mol. The average Bonchev–Trinajstić information content (AvgIpc) is 2.84. The van der Waals surface area contributed by atoms with Crippen molar-refractivity contribution in [3.8, 4) is 0 Å². The van der Waals surface area contributed by atoms with Crippen LogP contribution in [0.4, 0.5) is 5.69 Å². The summed E-state index contributed by atoms with van der Waals surface area (Å²) >= 11 is 5.82. The van der Waals surface area contributed by atoms with Gasteiger partial charge in [-0.15, -0.1) is 0 Å². The number of Topliss-reactive ketones (excluding diaryl/α,β-unsaturated/α-hetero) is 1. The first-order valence-electron chi connectivity index (χ1n) is 7.33. The molecular formula is C18H12ClNO5. The highest BCUT2D eigenvalue weighted by Gasteiger charge is 2.37. The number of amides is 2. The molecule has 2 amide bonds. The molecule has 0 radical (unpaired) electrons. The van der Waals surface area contributed by atoms with Crippen LogP contribution in [-0.4, -0.2) is 30.2 Å². The molecule has 0 saturated carbocycles. The Morgan fingerprint density at radius 1 is 1.00 bits per heavy atom. The van der Waals surface area contributed by atoms with Gasteiger partial charge < -0.3 is 4.74 Å². The number of esters is 1. The van der Waals surface area contributed by atoms with Gasteiger partial charge in [-0.05, 0) is 49.4 Å². The van der Waals surface area contributed by atoms with E-state index in [9.17, 15) is 19.2 Å². The Labute approximate surface area is 147 Å². The molecule has 0 bridgehead atoms. The van der Waals surface area contributed by atoms with Crippen LogP contribution in [0.25, 0.3) is 0 Å². The number of ketones is 1. The Morgan fingerprint density at radius 3 is 2.28 bits per heavy atom. The minimum Gasteiger partial charge on any atom is -0.454 e. The molecule has 0 unspecified atom stereocenters. The minimum atomic E-state index is -0.733. The van der Waals surface area contributed by atoms with Crippen molar-refractivity contribution in [1.82, 2.24) is 0 Å². The Kier molecular flexibility index (Phi) is 4.37. The van der Waals surface area contributed by atoms with E-state index < -0.39 is 17.8 Å². The molecule has 2 aromatic rings. The third-order valence-corrected chi connectivity index (χ3v) is 3.87. The summed E-state index contributed by atoms with van der Waals surface area (Å²) in [6, 6.07) is 10.4. The van der Waals surface area contributed by atoms with Gasteiger partial charge in [0.05, 0.1) is 22.4 Å². The monoisotopic (exact) mass is 357 g/mol. The van der Waals surface area contributed by atoms with Crippen LogP contribution in [0, 0.1) is 0 Å². The van der Waals surface area contributed by atoms with Crippen molar-refractivity contribution in [2.24, 2.45) is 0 Å². The molecule has 1 aliphatic rings. The first-order valence-corrected chi connectivity index (χ1v) is 7.71. The summed E-state index contributed by atoms with van der Waals surface area (Å²) in [5, 5.41) is 0.482. The second-order valence-electron chi connectivity index (χ2n) is 5.46. The Hall–Kier alpha value is -2.99. The van der Waals surface area contributed by atoms with Crippen molar-refractivity contribution in [3.05, 3.63) is 64.2 Å². The molecule has 25 heavy (non-hydrogen) atoms. The number of benzene rings is 2. The first-order chi connectivity index (χ1) is 11.9. The summed E-state index contributed by atoms with van der Waals surface area (Å²) in [5.74, 6) is -2.05. The Morgan fingerprint density at radius 2 is 1.64 bits per heavy atom.